The number of ether oxygens (including phenoxy) is 1. The molecule has 1 amide bonds. The van der Waals surface area contributed by atoms with E-state index in [1.165, 1.54) is 37.3 Å². The van der Waals surface area contributed by atoms with Gasteiger partial charge in [-0.25, -0.2) is 0 Å². The van der Waals surface area contributed by atoms with E-state index in [4.69, 9.17) is 4.74 Å². The van der Waals surface area contributed by atoms with Gasteiger partial charge in [-0.2, -0.15) is 0 Å². The van der Waals surface area contributed by atoms with E-state index < -0.39 is 10.9 Å². The Morgan fingerprint density at radius 3 is 2.45 bits per heavy atom. The number of carbonyl (C=O) groups is 2. The summed E-state index contributed by atoms with van der Waals surface area (Å²) in [5.41, 5.74) is 0.149. The molecule has 0 aliphatic heterocycles. The quantitative estimate of drug-likeness (QED) is 0.265. The molecule has 0 aliphatic carbocycles. The molecule has 0 saturated carbocycles. The molecule has 0 bridgehead atoms. The lowest BCUT2D eigenvalue weighted by atomic mass is 10.1. The largest absolute Gasteiger partial charge is 0.419 e. The second kappa shape index (κ2) is 7.92. The summed E-state index contributed by atoms with van der Waals surface area (Å²) in [6, 6.07) is 4.13. The predicted octanol–water partition coefficient (Wildman–Crippen LogP) is 2.40. The Bertz CT molecular complexity index is 606. The molecule has 7 nitrogen and oxygen atoms in total. The van der Waals surface area contributed by atoms with Crippen molar-refractivity contribution < 1.29 is 19.2 Å². The highest BCUT2D eigenvalue weighted by atomic mass is 16.6. The number of hydrogen-bond acceptors (Lipinski definition) is 5. The van der Waals surface area contributed by atoms with E-state index in [1.54, 1.807) is 4.90 Å². The van der Waals surface area contributed by atoms with Crippen LogP contribution in [0.3, 0.4) is 0 Å². The number of benzene rings is 1. The number of rotatable bonds is 6. The van der Waals surface area contributed by atoms with Crippen molar-refractivity contribution >= 4 is 23.6 Å². The van der Waals surface area contributed by atoms with Crippen LogP contribution in [0.2, 0.25) is 0 Å². The maximum Gasteiger partial charge on any atom is 0.312 e. The molecule has 0 atom stereocenters. The number of nitrogens with zero attached hydrogens (tertiary/aromatic N) is 2. The first-order valence-corrected chi connectivity index (χ1v) is 6.82. The second-order valence-electron chi connectivity index (χ2n) is 4.42. The van der Waals surface area contributed by atoms with Crippen LogP contribution in [0, 0.1) is 10.1 Å². The van der Waals surface area contributed by atoms with Crippen molar-refractivity contribution in [3.8, 4) is 5.75 Å². The first-order chi connectivity index (χ1) is 10.4. The van der Waals surface area contributed by atoms with Crippen molar-refractivity contribution in [1.29, 1.82) is 0 Å². The van der Waals surface area contributed by atoms with Gasteiger partial charge in [0.1, 0.15) is 0 Å². The Kier molecular flexibility index (Phi) is 6.25. The molecule has 0 unspecified atom stereocenters. The van der Waals surface area contributed by atoms with E-state index in [2.05, 4.69) is 0 Å². The van der Waals surface area contributed by atoms with Gasteiger partial charge in [0.25, 0.3) is 0 Å². The highest BCUT2D eigenvalue weighted by Crippen LogP contribution is 2.28. The molecule has 118 valence electrons. The summed E-state index contributed by atoms with van der Waals surface area (Å²) in [4.78, 5) is 34.8. The number of likely N-dealkylation sites (N-methyl/N-ethyl adjacent to an activating group) is 1. The third-order valence-electron chi connectivity index (χ3n) is 2.93. The average Bonchev–Trinajstić information content (AvgIpc) is 2.46. The van der Waals surface area contributed by atoms with Crippen LogP contribution < -0.4 is 4.74 Å². The number of esters is 1. The lowest BCUT2D eigenvalue weighted by molar-refractivity contribution is -0.385. The number of nitro groups is 1. The van der Waals surface area contributed by atoms with Gasteiger partial charge < -0.3 is 9.64 Å². The van der Waals surface area contributed by atoms with Crippen LogP contribution >= 0.6 is 0 Å². The summed E-state index contributed by atoms with van der Waals surface area (Å²) in [5.74, 6) is -0.926. The summed E-state index contributed by atoms with van der Waals surface area (Å²) in [7, 11) is 0. The van der Waals surface area contributed by atoms with Crippen LogP contribution in [-0.4, -0.2) is 34.8 Å². The summed E-state index contributed by atoms with van der Waals surface area (Å²) in [5, 5.41) is 11.0. The molecular formula is C15H18N2O5. The zero-order valence-corrected chi connectivity index (χ0v) is 12.7. The first-order valence-electron chi connectivity index (χ1n) is 6.82. The normalized spacial score (nSPS) is 10.5. The van der Waals surface area contributed by atoms with E-state index in [-0.39, 0.29) is 17.3 Å². The second-order valence-corrected chi connectivity index (χ2v) is 4.42. The predicted molar refractivity (Wildman–Crippen MR) is 81.4 cm³/mol. The van der Waals surface area contributed by atoms with Crippen molar-refractivity contribution in [3.63, 3.8) is 0 Å². The lowest BCUT2D eigenvalue weighted by Gasteiger charge is -2.15. The molecule has 1 rings (SSSR count). The third kappa shape index (κ3) is 4.69. The Labute approximate surface area is 128 Å². The van der Waals surface area contributed by atoms with E-state index in [1.807, 2.05) is 13.8 Å². The zero-order chi connectivity index (χ0) is 16.7. The SMILES string of the molecule is CCN(CC)C(=O)/C=C/c1ccc(OC(C)=O)c([N+](=O)[O-])c1. The van der Waals surface area contributed by atoms with Gasteiger partial charge in [0, 0.05) is 32.2 Å². The summed E-state index contributed by atoms with van der Waals surface area (Å²) >= 11 is 0. The number of carbonyl (C=O) groups excluding carboxylic acids is 2. The van der Waals surface area contributed by atoms with Gasteiger partial charge in [-0.3, -0.25) is 19.7 Å². The van der Waals surface area contributed by atoms with E-state index >= 15 is 0 Å². The number of amides is 1. The van der Waals surface area contributed by atoms with Crippen LogP contribution in [0.1, 0.15) is 26.3 Å². The summed E-state index contributed by atoms with van der Waals surface area (Å²) in [6.45, 7) is 6.08. The monoisotopic (exact) mass is 306 g/mol. The summed E-state index contributed by atoms with van der Waals surface area (Å²) < 4.78 is 4.78. The Morgan fingerprint density at radius 2 is 1.95 bits per heavy atom. The van der Waals surface area contributed by atoms with Gasteiger partial charge in [0.15, 0.2) is 0 Å². The van der Waals surface area contributed by atoms with Gasteiger partial charge in [-0.15, -0.1) is 0 Å². The van der Waals surface area contributed by atoms with E-state index in [0.29, 0.717) is 18.7 Å². The van der Waals surface area contributed by atoms with Crippen LogP contribution in [-0.2, 0) is 9.59 Å². The Hall–Kier alpha value is -2.70. The Morgan fingerprint density at radius 1 is 1.32 bits per heavy atom. The molecule has 1 aromatic carbocycles. The lowest BCUT2D eigenvalue weighted by Crippen LogP contribution is -2.28. The minimum atomic E-state index is -0.637. The third-order valence-corrected chi connectivity index (χ3v) is 2.93. The molecular weight excluding hydrogens is 288 g/mol. The van der Waals surface area contributed by atoms with Crippen LogP contribution in [0.25, 0.3) is 6.08 Å². The van der Waals surface area contributed by atoms with E-state index in [0.717, 1.165) is 0 Å². The van der Waals surface area contributed by atoms with Crippen molar-refractivity contribution in [3.05, 3.63) is 40.0 Å². The fourth-order valence-electron chi connectivity index (χ4n) is 1.83. The Balaban J connectivity index is 3.02. The molecule has 0 aliphatic rings. The van der Waals surface area contributed by atoms with Crippen LogP contribution in [0.5, 0.6) is 5.75 Å². The molecule has 22 heavy (non-hydrogen) atoms. The summed E-state index contributed by atoms with van der Waals surface area (Å²) in [6.07, 6.45) is 2.85. The molecule has 0 fully saturated rings. The van der Waals surface area contributed by atoms with Gasteiger partial charge in [-0.1, -0.05) is 6.07 Å². The maximum absolute atomic E-state index is 11.8. The molecule has 0 N–H and O–H groups in total. The highest BCUT2D eigenvalue weighted by molar-refractivity contribution is 5.91. The van der Waals surface area contributed by atoms with Crippen molar-refractivity contribution in [2.24, 2.45) is 0 Å². The van der Waals surface area contributed by atoms with Gasteiger partial charge in [0.2, 0.25) is 11.7 Å². The van der Waals surface area contributed by atoms with E-state index in [9.17, 15) is 19.7 Å². The molecule has 0 saturated heterocycles. The molecule has 0 radical (unpaired) electrons. The minimum Gasteiger partial charge on any atom is -0.419 e. The zero-order valence-electron chi connectivity index (χ0n) is 12.7. The molecule has 1 aromatic rings. The van der Waals surface area contributed by atoms with Gasteiger partial charge in [-0.05, 0) is 31.6 Å². The fraction of sp³-hybridized carbons (Fsp3) is 0.333. The van der Waals surface area contributed by atoms with Crippen molar-refractivity contribution in [2.75, 3.05) is 13.1 Å². The average molecular weight is 306 g/mol. The highest BCUT2D eigenvalue weighted by Gasteiger charge is 2.17. The minimum absolute atomic E-state index is 0.121. The first kappa shape index (κ1) is 17.4. The van der Waals surface area contributed by atoms with Crippen molar-refractivity contribution in [1.82, 2.24) is 4.90 Å². The van der Waals surface area contributed by atoms with Crippen LogP contribution in [0.4, 0.5) is 5.69 Å². The number of hydrogen-bond donors (Lipinski definition) is 0. The van der Waals surface area contributed by atoms with Gasteiger partial charge in [0.05, 0.1) is 4.92 Å². The topological polar surface area (TPSA) is 89.8 Å². The standard InChI is InChI=1S/C15H18N2O5/c1-4-16(5-2)15(19)9-7-12-6-8-14(22-11(3)18)13(10-12)17(20)21/h6-10H,4-5H2,1-3H3/b9-7+. The molecule has 0 heterocycles. The molecule has 7 heteroatoms. The fourth-order valence-corrected chi connectivity index (χ4v) is 1.83. The smallest absolute Gasteiger partial charge is 0.312 e. The molecule has 0 aromatic heterocycles. The maximum atomic E-state index is 11.8. The van der Waals surface area contributed by atoms with Crippen molar-refractivity contribution in [2.45, 2.75) is 20.8 Å². The van der Waals surface area contributed by atoms with Gasteiger partial charge >= 0.3 is 11.7 Å². The van der Waals surface area contributed by atoms with Crippen LogP contribution in [0.15, 0.2) is 24.3 Å². The molecule has 0 spiro atoms. The number of nitro benzene ring substituents is 1.